The highest BCUT2D eigenvalue weighted by Crippen LogP contribution is 2.19. The summed E-state index contributed by atoms with van der Waals surface area (Å²) in [6.07, 6.45) is 3.24. The van der Waals surface area contributed by atoms with Gasteiger partial charge < -0.3 is 29.7 Å². The summed E-state index contributed by atoms with van der Waals surface area (Å²) in [5.74, 6) is -1.90. The van der Waals surface area contributed by atoms with Gasteiger partial charge in [0.1, 0.15) is 11.5 Å². The van der Waals surface area contributed by atoms with Crippen molar-refractivity contribution in [2.24, 2.45) is 0 Å². The summed E-state index contributed by atoms with van der Waals surface area (Å²) in [5.41, 5.74) is 0. The lowest BCUT2D eigenvalue weighted by Gasteiger charge is -2.09. The van der Waals surface area contributed by atoms with E-state index in [0.717, 1.165) is 57.1 Å². The van der Waals surface area contributed by atoms with Crippen LogP contribution in [0, 0.1) is 0 Å². The first-order valence-electron chi connectivity index (χ1n) is 8.52. The lowest BCUT2D eigenvalue weighted by atomic mass is 10.3. The third kappa shape index (κ3) is 14.1. The molecule has 1 aromatic rings. The number of methoxy groups -OCH3 is 1. The average molecular weight is 371 g/mol. The highest BCUT2D eigenvalue weighted by molar-refractivity contribution is 6.27. The van der Waals surface area contributed by atoms with Crippen LogP contribution in [0.15, 0.2) is 24.3 Å². The molecule has 0 aliphatic heterocycles. The number of carbonyl (C=O) groups is 2. The molecule has 1 aromatic carbocycles. The molecule has 0 spiro atoms. The van der Waals surface area contributed by atoms with E-state index in [9.17, 15) is 0 Å². The van der Waals surface area contributed by atoms with Crippen molar-refractivity contribution in [3.63, 3.8) is 0 Å². The number of carboxylic acids is 2. The molecule has 0 aromatic heterocycles. The fourth-order valence-electron chi connectivity index (χ4n) is 1.83. The fourth-order valence-corrected chi connectivity index (χ4v) is 1.83. The lowest BCUT2D eigenvalue weighted by molar-refractivity contribution is -0.159. The second-order valence-corrected chi connectivity index (χ2v) is 5.17. The molecule has 0 aliphatic rings. The van der Waals surface area contributed by atoms with Gasteiger partial charge in [-0.2, -0.15) is 0 Å². The molecule has 1 rings (SSSR count). The Balaban J connectivity index is 0.000000896. The summed E-state index contributed by atoms with van der Waals surface area (Å²) in [5, 5.41) is 18.2. The van der Waals surface area contributed by atoms with Gasteiger partial charge in [0, 0.05) is 19.8 Å². The Bertz CT molecular complexity index is 496. The maximum atomic E-state index is 9.10. The summed E-state index contributed by atoms with van der Waals surface area (Å²) in [4.78, 5) is 18.2. The molecule has 8 heteroatoms. The zero-order valence-electron chi connectivity index (χ0n) is 15.4. The van der Waals surface area contributed by atoms with E-state index in [4.69, 9.17) is 34.0 Å². The van der Waals surface area contributed by atoms with E-state index in [0.29, 0.717) is 6.61 Å². The number of rotatable bonds is 12. The van der Waals surface area contributed by atoms with Crippen molar-refractivity contribution >= 4 is 11.9 Å². The number of aliphatic carboxylic acids is 2. The van der Waals surface area contributed by atoms with Crippen LogP contribution < -0.4 is 14.8 Å². The molecule has 0 unspecified atom stereocenters. The molecule has 148 valence electrons. The quantitative estimate of drug-likeness (QED) is 0.378. The predicted molar refractivity (Wildman–Crippen MR) is 97.0 cm³/mol. The fraction of sp³-hybridized carbons (Fsp3) is 0.556. The topological polar surface area (TPSA) is 114 Å². The molecule has 0 aliphatic carbocycles. The largest absolute Gasteiger partial charge is 0.494 e. The number of benzene rings is 1. The minimum absolute atomic E-state index is 0.679. The Kier molecular flexibility index (Phi) is 14.7. The van der Waals surface area contributed by atoms with Crippen molar-refractivity contribution in [3.8, 4) is 11.5 Å². The minimum atomic E-state index is -1.82. The van der Waals surface area contributed by atoms with Gasteiger partial charge in [-0.3, -0.25) is 0 Å². The second-order valence-electron chi connectivity index (χ2n) is 5.17. The van der Waals surface area contributed by atoms with Crippen molar-refractivity contribution in [1.29, 1.82) is 0 Å². The van der Waals surface area contributed by atoms with Gasteiger partial charge in [0.2, 0.25) is 0 Å². The van der Waals surface area contributed by atoms with E-state index in [1.807, 2.05) is 31.2 Å². The number of hydrogen-bond acceptors (Lipinski definition) is 6. The number of carboxylic acid groups (broad SMARTS) is 2. The molecular weight excluding hydrogens is 342 g/mol. The van der Waals surface area contributed by atoms with Crippen LogP contribution in [-0.2, 0) is 14.3 Å². The van der Waals surface area contributed by atoms with E-state index < -0.39 is 11.9 Å². The van der Waals surface area contributed by atoms with Gasteiger partial charge in [-0.25, -0.2) is 9.59 Å². The van der Waals surface area contributed by atoms with Crippen LogP contribution in [-0.4, -0.2) is 62.2 Å². The first-order valence-corrected chi connectivity index (χ1v) is 8.52. The van der Waals surface area contributed by atoms with Gasteiger partial charge in [-0.15, -0.1) is 0 Å². The Morgan fingerprint density at radius 1 is 0.962 bits per heavy atom. The van der Waals surface area contributed by atoms with Crippen molar-refractivity contribution in [3.05, 3.63) is 24.3 Å². The highest BCUT2D eigenvalue weighted by Gasteiger charge is 2.04. The van der Waals surface area contributed by atoms with Crippen LogP contribution in [0.3, 0.4) is 0 Å². The van der Waals surface area contributed by atoms with Gasteiger partial charge in [0.25, 0.3) is 0 Å². The number of ether oxygens (including phenoxy) is 3. The molecule has 0 radical (unpaired) electrons. The molecule has 0 fully saturated rings. The lowest BCUT2D eigenvalue weighted by Crippen LogP contribution is -2.18. The van der Waals surface area contributed by atoms with Crippen molar-refractivity contribution in [2.45, 2.75) is 26.2 Å². The van der Waals surface area contributed by atoms with Crippen LogP contribution in [0.1, 0.15) is 26.2 Å². The molecule has 0 heterocycles. The van der Waals surface area contributed by atoms with Crippen LogP contribution in [0.2, 0.25) is 0 Å². The van der Waals surface area contributed by atoms with Gasteiger partial charge in [0.15, 0.2) is 0 Å². The van der Waals surface area contributed by atoms with Crippen LogP contribution in [0.5, 0.6) is 11.5 Å². The third-order valence-electron chi connectivity index (χ3n) is 3.02. The Labute approximate surface area is 154 Å². The summed E-state index contributed by atoms with van der Waals surface area (Å²) >= 11 is 0. The third-order valence-corrected chi connectivity index (χ3v) is 3.02. The summed E-state index contributed by atoms with van der Waals surface area (Å²) < 4.78 is 16.1. The number of nitrogens with one attached hydrogen (secondary N) is 1. The maximum absolute atomic E-state index is 9.10. The van der Waals surface area contributed by atoms with E-state index in [-0.39, 0.29) is 0 Å². The molecule has 0 atom stereocenters. The Hall–Kier alpha value is -2.32. The Morgan fingerprint density at radius 2 is 1.58 bits per heavy atom. The molecule has 3 N–H and O–H groups in total. The zero-order chi connectivity index (χ0) is 19.6. The highest BCUT2D eigenvalue weighted by atomic mass is 16.5. The maximum Gasteiger partial charge on any atom is 0.414 e. The number of hydrogen-bond donors (Lipinski definition) is 3. The standard InChI is InChI=1S/C16H27NO3.C2H2O4/c1-3-19-15-8-6-9-16(14-15)20-13-5-4-10-17-11-7-12-18-2;3-1(4)2(5)6/h6,8-9,14,17H,3-5,7,10-13H2,1-2H3;(H,3,4)(H,5,6). The van der Waals surface area contributed by atoms with E-state index in [2.05, 4.69) is 5.32 Å². The van der Waals surface area contributed by atoms with Gasteiger partial charge in [-0.05, 0) is 51.4 Å². The van der Waals surface area contributed by atoms with Crippen LogP contribution in [0.25, 0.3) is 0 Å². The molecule has 0 saturated heterocycles. The van der Waals surface area contributed by atoms with Gasteiger partial charge >= 0.3 is 11.9 Å². The van der Waals surface area contributed by atoms with E-state index >= 15 is 0 Å². The van der Waals surface area contributed by atoms with Crippen molar-refractivity contribution < 1.29 is 34.0 Å². The van der Waals surface area contributed by atoms with Crippen molar-refractivity contribution in [1.82, 2.24) is 5.32 Å². The first kappa shape index (κ1) is 23.7. The normalized spacial score (nSPS) is 9.77. The van der Waals surface area contributed by atoms with Gasteiger partial charge in [-0.1, -0.05) is 6.07 Å². The molecule has 0 bridgehead atoms. The second kappa shape index (κ2) is 16.2. The SMILES string of the molecule is CCOc1cccc(OCCCCNCCCOC)c1.O=C(O)C(=O)O. The smallest absolute Gasteiger partial charge is 0.414 e. The summed E-state index contributed by atoms with van der Waals surface area (Å²) in [6.45, 7) is 6.28. The predicted octanol–water partition coefficient (Wildman–Crippen LogP) is 2.03. The van der Waals surface area contributed by atoms with E-state index in [1.165, 1.54) is 0 Å². The monoisotopic (exact) mass is 371 g/mol. The molecule has 26 heavy (non-hydrogen) atoms. The molecule has 0 amide bonds. The average Bonchev–Trinajstić information content (AvgIpc) is 2.61. The van der Waals surface area contributed by atoms with Crippen molar-refractivity contribution in [2.75, 3.05) is 40.0 Å². The van der Waals surface area contributed by atoms with Crippen LogP contribution >= 0.6 is 0 Å². The van der Waals surface area contributed by atoms with Crippen LogP contribution in [0.4, 0.5) is 0 Å². The zero-order valence-corrected chi connectivity index (χ0v) is 15.4. The van der Waals surface area contributed by atoms with E-state index in [1.54, 1.807) is 7.11 Å². The molecule has 8 nitrogen and oxygen atoms in total. The number of unbranched alkanes of at least 4 members (excludes halogenated alkanes) is 1. The van der Waals surface area contributed by atoms with Gasteiger partial charge in [0.05, 0.1) is 13.2 Å². The minimum Gasteiger partial charge on any atom is -0.494 e. The Morgan fingerprint density at radius 3 is 2.15 bits per heavy atom. The molecular formula is C18H29NO7. The summed E-state index contributed by atoms with van der Waals surface area (Å²) in [6, 6.07) is 7.80. The summed E-state index contributed by atoms with van der Waals surface area (Å²) in [7, 11) is 1.73. The first-order chi connectivity index (χ1) is 12.5. The molecule has 0 saturated carbocycles.